The van der Waals surface area contributed by atoms with E-state index >= 15 is 0 Å². The third-order valence-corrected chi connectivity index (χ3v) is 3.24. The van der Waals surface area contributed by atoms with Gasteiger partial charge in [0.25, 0.3) is 0 Å². The summed E-state index contributed by atoms with van der Waals surface area (Å²) in [4.78, 5) is 23.2. The molecule has 1 rings (SSSR count). The molecule has 0 aromatic rings. The Labute approximate surface area is 103 Å². The van der Waals surface area contributed by atoms with Crippen LogP contribution in [0.25, 0.3) is 0 Å². The zero-order valence-electron chi connectivity index (χ0n) is 11.0. The summed E-state index contributed by atoms with van der Waals surface area (Å²) >= 11 is 0. The molecular weight excluding hydrogens is 218 g/mol. The van der Waals surface area contributed by atoms with E-state index in [0.717, 1.165) is 25.7 Å². The summed E-state index contributed by atoms with van der Waals surface area (Å²) < 4.78 is 4.99. The van der Waals surface area contributed by atoms with E-state index in [0.29, 0.717) is 6.54 Å². The molecule has 0 saturated heterocycles. The van der Waals surface area contributed by atoms with Crippen molar-refractivity contribution in [2.45, 2.75) is 59.0 Å². The maximum Gasteiger partial charge on any atom is 0.307 e. The van der Waals surface area contributed by atoms with Crippen molar-refractivity contribution in [3.8, 4) is 0 Å². The summed E-state index contributed by atoms with van der Waals surface area (Å²) in [7, 11) is 0. The minimum atomic E-state index is -0.253. The number of ether oxygens (including phenoxy) is 1. The quantitative estimate of drug-likeness (QED) is 0.749. The zero-order valence-corrected chi connectivity index (χ0v) is 11.0. The van der Waals surface area contributed by atoms with Crippen molar-refractivity contribution in [2.24, 2.45) is 5.41 Å². The van der Waals surface area contributed by atoms with E-state index in [1.807, 2.05) is 20.8 Å². The Kier molecular flexibility index (Phi) is 4.97. The van der Waals surface area contributed by atoms with Gasteiger partial charge in [-0.25, -0.2) is 0 Å². The highest BCUT2D eigenvalue weighted by atomic mass is 16.5. The SMILES string of the molecule is CC(C)OC(=O)CCNC(=O)C1(C)CCCC1. The fourth-order valence-corrected chi connectivity index (χ4v) is 2.20. The fraction of sp³-hybridized carbons (Fsp3) is 0.846. The summed E-state index contributed by atoms with van der Waals surface area (Å²) in [6.45, 7) is 6.01. The van der Waals surface area contributed by atoms with Crippen LogP contribution in [0.15, 0.2) is 0 Å². The van der Waals surface area contributed by atoms with Gasteiger partial charge >= 0.3 is 5.97 Å². The van der Waals surface area contributed by atoms with Gasteiger partial charge in [0.15, 0.2) is 0 Å². The van der Waals surface area contributed by atoms with Gasteiger partial charge in [0.05, 0.1) is 12.5 Å². The van der Waals surface area contributed by atoms with Crippen LogP contribution in [0, 0.1) is 5.41 Å². The molecule has 0 atom stereocenters. The van der Waals surface area contributed by atoms with Crippen molar-refractivity contribution in [3.05, 3.63) is 0 Å². The summed E-state index contributed by atoms with van der Waals surface area (Å²) in [5.41, 5.74) is -0.220. The van der Waals surface area contributed by atoms with E-state index < -0.39 is 0 Å². The Morgan fingerprint density at radius 3 is 2.41 bits per heavy atom. The van der Waals surface area contributed by atoms with Crippen LogP contribution in [-0.2, 0) is 14.3 Å². The Morgan fingerprint density at radius 1 is 1.29 bits per heavy atom. The first-order chi connectivity index (χ1) is 7.94. The molecule has 4 heteroatoms. The van der Waals surface area contributed by atoms with Gasteiger partial charge in [-0.3, -0.25) is 9.59 Å². The lowest BCUT2D eigenvalue weighted by Crippen LogP contribution is -2.38. The molecule has 1 amide bonds. The number of rotatable bonds is 5. The first kappa shape index (κ1) is 14.0. The van der Waals surface area contributed by atoms with Gasteiger partial charge in [-0.2, -0.15) is 0 Å². The highest BCUT2D eigenvalue weighted by molar-refractivity contribution is 5.83. The second-order valence-corrected chi connectivity index (χ2v) is 5.31. The van der Waals surface area contributed by atoms with Gasteiger partial charge in [-0.1, -0.05) is 19.8 Å². The lowest BCUT2D eigenvalue weighted by Gasteiger charge is -2.22. The third kappa shape index (κ3) is 4.36. The van der Waals surface area contributed by atoms with E-state index in [4.69, 9.17) is 4.74 Å². The molecule has 0 aromatic heterocycles. The van der Waals surface area contributed by atoms with Crippen LogP contribution in [0.2, 0.25) is 0 Å². The molecule has 98 valence electrons. The monoisotopic (exact) mass is 241 g/mol. The van der Waals surface area contributed by atoms with Crippen molar-refractivity contribution in [1.29, 1.82) is 0 Å². The maximum absolute atomic E-state index is 11.9. The molecule has 0 aromatic carbocycles. The van der Waals surface area contributed by atoms with Gasteiger partial charge in [-0.05, 0) is 26.7 Å². The molecule has 0 unspecified atom stereocenters. The molecule has 1 N–H and O–H groups in total. The topological polar surface area (TPSA) is 55.4 Å². The molecular formula is C13H23NO3. The predicted octanol–water partition coefficient (Wildman–Crippen LogP) is 2.02. The van der Waals surface area contributed by atoms with Crippen LogP contribution in [-0.4, -0.2) is 24.5 Å². The normalized spacial score (nSPS) is 18.1. The molecule has 17 heavy (non-hydrogen) atoms. The van der Waals surface area contributed by atoms with E-state index in [-0.39, 0.29) is 29.8 Å². The lowest BCUT2D eigenvalue weighted by atomic mass is 9.88. The standard InChI is InChI=1S/C13H23NO3/c1-10(2)17-11(15)6-9-14-12(16)13(3)7-4-5-8-13/h10H,4-9H2,1-3H3,(H,14,16). The van der Waals surface area contributed by atoms with Crippen LogP contribution >= 0.6 is 0 Å². The molecule has 0 heterocycles. The molecule has 1 aliphatic carbocycles. The minimum absolute atomic E-state index is 0.0762. The Hall–Kier alpha value is -1.06. The summed E-state index contributed by atoms with van der Waals surface area (Å²) in [5.74, 6) is -0.177. The van der Waals surface area contributed by atoms with Gasteiger partial charge in [-0.15, -0.1) is 0 Å². The molecule has 4 nitrogen and oxygen atoms in total. The zero-order chi connectivity index (χ0) is 12.9. The molecule has 1 saturated carbocycles. The number of hydrogen-bond acceptors (Lipinski definition) is 3. The van der Waals surface area contributed by atoms with Crippen molar-refractivity contribution in [2.75, 3.05) is 6.54 Å². The third-order valence-electron chi connectivity index (χ3n) is 3.24. The molecule has 0 spiro atoms. The number of esters is 1. The summed E-state index contributed by atoms with van der Waals surface area (Å²) in [5, 5.41) is 2.83. The fourth-order valence-electron chi connectivity index (χ4n) is 2.20. The average Bonchev–Trinajstić information content (AvgIpc) is 2.65. The first-order valence-corrected chi connectivity index (χ1v) is 6.42. The number of amides is 1. The van der Waals surface area contributed by atoms with E-state index in [1.165, 1.54) is 0 Å². The number of carbonyl (C=O) groups excluding carboxylic acids is 2. The highest BCUT2D eigenvalue weighted by Crippen LogP contribution is 2.37. The van der Waals surface area contributed by atoms with Crippen LogP contribution in [0.4, 0.5) is 0 Å². The van der Waals surface area contributed by atoms with Crippen molar-refractivity contribution in [1.82, 2.24) is 5.32 Å². The Morgan fingerprint density at radius 2 is 1.88 bits per heavy atom. The Balaban J connectivity index is 2.22. The van der Waals surface area contributed by atoms with E-state index in [1.54, 1.807) is 0 Å². The number of hydrogen-bond donors (Lipinski definition) is 1. The van der Waals surface area contributed by atoms with Crippen molar-refractivity contribution < 1.29 is 14.3 Å². The smallest absolute Gasteiger partial charge is 0.307 e. The van der Waals surface area contributed by atoms with E-state index in [9.17, 15) is 9.59 Å². The summed E-state index contributed by atoms with van der Waals surface area (Å²) in [6, 6.07) is 0. The summed E-state index contributed by atoms with van der Waals surface area (Å²) in [6.07, 6.45) is 4.31. The molecule has 0 bridgehead atoms. The maximum atomic E-state index is 11.9. The van der Waals surface area contributed by atoms with Crippen molar-refractivity contribution in [3.63, 3.8) is 0 Å². The lowest BCUT2D eigenvalue weighted by molar-refractivity contribution is -0.147. The van der Waals surface area contributed by atoms with Gasteiger partial charge < -0.3 is 10.1 Å². The Bertz CT molecular complexity index is 280. The van der Waals surface area contributed by atoms with Crippen LogP contribution in [0.5, 0.6) is 0 Å². The van der Waals surface area contributed by atoms with E-state index in [2.05, 4.69) is 5.32 Å². The molecule has 0 aliphatic heterocycles. The van der Waals surface area contributed by atoms with Crippen LogP contribution < -0.4 is 5.32 Å². The molecule has 0 radical (unpaired) electrons. The highest BCUT2D eigenvalue weighted by Gasteiger charge is 2.35. The number of carbonyl (C=O) groups is 2. The van der Waals surface area contributed by atoms with Gasteiger partial charge in [0, 0.05) is 12.0 Å². The van der Waals surface area contributed by atoms with Gasteiger partial charge in [0.2, 0.25) is 5.91 Å². The predicted molar refractivity (Wildman–Crippen MR) is 65.4 cm³/mol. The molecule has 1 fully saturated rings. The van der Waals surface area contributed by atoms with Crippen molar-refractivity contribution >= 4 is 11.9 Å². The number of nitrogens with one attached hydrogen (secondary N) is 1. The molecule has 1 aliphatic rings. The second-order valence-electron chi connectivity index (χ2n) is 5.31. The minimum Gasteiger partial charge on any atom is -0.463 e. The largest absolute Gasteiger partial charge is 0.463 e. The van der Waals surface area contributed by atoms with Gasteiger partial charge in [0.1, 0.15) is 0 Å². The van der Waals surface area contributed by atoms with Crippen LogP contribution in [0.3, 0.4) is 0 Å². The average molecular weight is 241 g/mol. The first-order valence-electron chi connectivity index (χ1n) is 6.42. The van der Waals surface area contributed by atoms with Crippen LogP contribution in [0.1, 0.15) is 52.9 Å². The second kappa shape index (κ2) is 6.03.